The van der Waals surface area contributed by atoms with Crippen molar-refractivity contribution in [2.75, 3.05) is 61.0 Å². The van der Waals surface area contributed by atoms with E-state index in [2.05, 4.69) is 99.7 Å². The van der Waals surface area contributed by atoms with Crippen LogP contribution in [-0.2, 0) is 57.1 Å². The van der Waals surface area contributed by atoms with E-state index in [-0.39, 0.29) is 381 Å². The number of likely N-dealkylation sites (N-methyl/N-ethyl adjacent to an activating group) is 1. The Bertz CT molecular complexity index is 4390. The Kier molecular flexibility index (Phi) is 54.6. The summed E-state index contributed by atoms with van der Waals surface area (Å²) in [5, 5.41) is 4.23. The molecule has 6 unspecified atom stereocenters. The van der Waals surface area contributed by atoms with Crippen LogP contribution in [0.15, 0.2) is 211 Å². The van der Waals surface area contributed by atoms with Crippen LogP contribution in [0.5, 0.6) is 57.5 Å². The van der Waals surface area contributed by atoms with Crippen LogP contribution in [0, 0.1) is 62.6 Å². The molecule has 6 saturated heterocycles. The fourth-order valence-corrected chi connectivity index (χ4v) is 12.9. The maximum Gasteiger partial charge on any atom is 1.00 e. The fraction of sp³-hybridized carbons (Fsp3) is 0.409. The molecule has 120 heavy (non-hydrogen) atoms. The van der Waals surface area contributed by atoms with Crippen molar-refractivity contribution in [1.82, 2.24) is 29.0 Å². The molecule has 22 nitrogen and oxygen atoms in total. The average molecular weight is 2240 g/mol. The van der Waals surface area contributed by atoms with Gasteiger partial charge in [-0.05, 0) is 194 Å². The number of rotatable bonds is 30. The van der Waals surface area contributed by atoms with Gasteiger partial charge in [0, 0.05) is 87.7 Å². The van der Waals surface area contributed by atoms with Gasteiger partial charge in [-0.1, -0.05) is 101 Å². The number of hydrogen-bond donors (Lipinski definition) is 0. The van der Waals surface area contributed by atoms with Crippen molar-refractivity contribution in [2.45, 2.75) is 150 Å². The summed E-state index contributed by atoms with van der Waals surface area (Å²) in [4.78, 5) is 18.3. The van der Waals surface area contributed by atoms with Gasteiger partial charge in [-0.3, -0.25) is 9.69 Å². The number of aryl methyl sites for hydroxylation is 1. The maximum absolute atomic E-state index is 11.6. The maximum atomic E-state index is 11.6. The standard InChI is InChI=1S/C21H21N2O3.C21H26NO3.C18H20NO4.C18H26NO3.C15H22NO3.5Cs/c1-16-12-21(25-14-16)26-20-5-2-4-19(13-20)24-15-17-6-8-18(9-7-17)23-11-3-10-22-23;1-16-11-21(24-14-16)25-20-6-4-5-19(12-20)23-15-18-9-7-17(8-10-18)13-22(2)3;1-13-8-18(22-11-13)23-16-5-3-4-15(10-16)21-12-14-6-7-19(2)17(20)9-14;1-14-11-18(21-13-14)22-17-7-3-6-16(12-17)20-10-9-19-8-4-5-15(19)2;1-12-9-15(18-11-12)19-14-6-4-5-13(10-14)17-8-7-16(2)3;;;;;/h2-11,13-14,16,21H,12,15H2,1H3;4-10,12,14,16,21H,11,13,15H2,1-3H3;3-7,9-11,13,18H,8,12H2,1-2H3;3,6-7,12-15,18H,4-5,8-11H2,1-2H3;4-6,10-12,15H,7-9H2,1-3H3;;;;;/q5*-1;5*+1/t2*16-,21?;13-,18?;14-,15?,18?;12-,15?;;;;;/m11111...../s1. The molecular weight excluding hydrogens is 2120 g/mol. The average Bonchev–Trinajstić information content (AvgIpc) is 1.55. The summed E-state index contributed by atoms with van der Waals surface area (Å²) in [7, 11) is 9.91. The Balaban J connectivity index is 0.000000231. The minimum absolute atomic E-state index is 0. The third-order valence-corrected chi connectivity index (χ3v) is 19.3. The second-order valence-corrected chi connectivity index (χ2v) is 30.6. The molecule has 7 aromatic carbocycles. The van der Waals surface area contributed by atoms with Crippen molar-refractivity contribution in [3.8, 4) is 63.2 Å². The first-order valence-corrected chi connectivity index (χ1v) is 40.1. The predicted molar refractivity (Wildman–Crippen MR) is 442 cm³/mol. The van der Waals surface area contributed by atoms with Crippen LogP contribution in [-0.4, -0.2) is 128 Å². The zero-order chi connectivity index (χ0) is 80.7. The second kappa shape index (κ2) is 59.9. The smallest absolute Gasteiger partial charge is 0.520 e. The Morgan fingerprint density at radius 3 is 1.07 bits per heavy atom. The Hall–Kier alpha value is 0.640. The number of likely N-dealkylation sites (tertiary alicyclic amines) is 1. The predicted octanol–water partition coefficient (Wildman–Crippen LogP) is 2.55. The van der Waals surface area contributed by atoms with Crippen LogP contribution in [0.3, 0.4) is 0 Å². The molecule has 0 radical (unpaired) electrons. The summed E-state index contributed by atoms with van der Waals surface area (Å²) in [5.41, 5.74) is 5.35. The van der Waals surface area contributed by atoms with E-state index in [0.29, 0.717) is 73.6 Å². The Labute approximate surface area is 1010 Å². The second-order valence-electron chi connectivity index (χ2n) is 30.6. The summed E-state index contributed by atoms with van der Waals surface area (Å²) in [6.07, 6.45) is 11.4. The number of aromatic nitrogens is 3. The van der Waals surface area contributed by atoms with E-state index in [1.807, 2.05) is 209 Å². The van der Waals surface area contributed by atoms with Gasteiger partial charge in [0.15, 0.2) is 31.5 Å². The molecule has 8 heterocycles. The minimum atomic E-state index is -0.239. The molecule has 618 valence electrons. The van der Waals surface area contributed by atoms with Crippen LogP contribution >= 0.6 is 0 Å². The van der Waals surface area contributed by atoms with E-state index in [0.717, 1.165) is 127 Å². The normalized spacial score (nSPS) is 21.2. The molecule has 0 saturated carbocycles. The summed E-state index contributed by atoms with van der Waals surface area (Å²) in [6, 6.07) is 61.0. The van der Waals surface area contributed by atoms with Crippen LogP contribution in [0.1, 0.15) is 109 Å². The minimum Gasteiger partial charge on any atom is -0.520 e. The van der Waals surface area contributed by atoms with E-state index in [1.54, 1.807) is 32.1 Å². The van der Waals surface area contributed by atoms with E-state index in [1.165, 1.54) is 29.5 Å². The Morgan fingerprint density at radius 1 is 0.400 bits per heavy atom. The van der Waals surface area contributed by atoms with Gasteiger partial charge in [0.2, 0.25) is 0 Å². The van der Waals surface area contributed by atoms with Crippen LogP contribution in [0.4, 0.5) is 0 Å². The van der Waals surface area contributed by atoms with Gasteiger partial charge in [-0.25, -0.2) is 37.7 Å². The van der Waals surface area contributed by atoms with Gasteiger partial charge in [0.25, 0.3) is 5.56 Å². The van der Waals surface area contributed by atoms with Crippen LogP contribution in [0.25, 0.3) is 5.69 Å². The van der Waals surface area contributed by atoms with Crippen molar-refractivity contribution in [1.29, 1.82) is 0 Å². The molecule has 2 aromatic heterocycles. The van der Waals surface area contributed by atoms with Gasteiger partial charge in [-0.15, -0.1) is 29.6 Å². The van der Waals surface area contributed by atoms with Crippen molar-refractivity contribution < 1.29 is 416 Å². The molecule has 0 amide bonds. The number of ether oxygens (including phenoxy) is 15. The van der Waals surface area contributed by atoms with Crippen LogP contribution in [0.2, 0.25) is 0 Å². The number of hydrogen-bond acceptors (Lipinski definition) is 20. The molecule has 15 rings (SSSR count). The molecule has 27 heteroatoms. The molecule has 0 bridgehead atoms. The van der Waals surface area contributed by atoms with E-state index >= 15 is 0 Å². The first-order valence-electron chi connectivity index (χ1n) is 40.1. The van der Waals surface area contributed by atoms with Crippen molar-refractivity contribution in [3.63, 3.8) is 0 Å². The summed E-state index contributed by atoms with van der Waals surface area (Å²) in [5.74, 6) is 9.93. The van der Waals surface area contributed by atoms with E-state index in [4.69, 9.17) is 71.1 Å². The van der Waals surface area contributed by atoms with Gasteiger partial charge in [-0.2, -0.15) is 5.10 Å². The monoisotopic (exact) mass is 2240 g/mol. The molecule has 0 aliphatic carbocycles. The molecule has 6 aliphatic heterocycles. The van der Waals surface area contributed by atoms with Crippen molar-refractivity contribution in [2.24, 2.45) is 36.6 Å². The number of nitrogens with zero attached hydrogens (tertiary/aromatic N) is 6. The first kappa shape index (κ1) is 109. The molecule has 11 atom stereocenters. The van der Waals surface area contributed by atoms with Gasteiger partial charge >= 0.3 is 344 Å². The van der Waals surface area contributed by atoms with Gasteiger partial charge < -0.3 is 85.4 Å². The van der Waals surface area contributed by atoms with Crippen molar-refractivity contribution in [3.05, 3.63) is 272 Å². The summed E-state index contributed by atoms with van der Waals surface area (Å²) >= 11 is 0. The third-order valence-electron chi connectivity index (χ3n) is 19.3. The SMILES string of the molecule is CC1CCCN1CCOc1cccc(OC2C[C@@H](C)[CH-]O2)c1.C[C@H]1[CH-]OC(Oc2cccc(OCCN(C)C)c2)C1.C[C@H]1[CH-]OC(Oc2cccc(OCc3ccc(-n4cccn4)cc3)c2)C1.C[C@H]1[CH-]OC(Oc2cccc(OCc3ccc(CN(C)C)cc3)c2)C1.C[C@H]1[CH-]OC(Oc2cccc(OCc3ccn(C)c(=O)c3)c2)C1.[Cs+].[Cs+].[Cs+].[Cs+].[Cs+]. The van der Waals surface area contributed by atoms with Gasteiger partial charge in [0.1, 0.15) is 90.5 Å². The first-order chi connectivity index (χ1) is 55.8. The molecule has 9 aromatic rings. The number of benzene rings is 7. The molecule has 6 aliphatic rings. The topological polar surface area (TPSA) is 188 Å². The summed E-state index contributed by atoms with van der Waals surface area (Å²) < 4.78 is 88.8. The Morgan fingerprint density at radius 2 is 0.750 bits per heavy atom. The van der Waals surface area contributed by atoms with Crippen molar-refractivity contribution >= 4 is 0 Å². The number of pyridine rings is 1. The molecule has 0 N–H and O–H groups in total. The molecule has 6 fully saturated rings. The molecule has 0 spiro atoms. The van der Waals surface area contributed by atoms with E-state index in [9.17, 15) is 4.79 Å². The van der Waals surface area contributed by atoms with Crippen LogP contribution < -0.4 is 397 Å². The quantitative estimate of drug-likeness (QED) is 0.0598. The molecular formula is C93H115Cs5N6O16. The zero-order valence-corrected chi connectivity index (χ0v) is 105. The van der Waals surface area contributed by atoms with Gasteiger partial charge in [0.05, 0.1) is 5.69 Å². The summed E-state index contributed by atoms with van der Waals surface area (Å²) in [6.45, 7) is 28.8. The van der Waals surface area contributed by atoms with E-state index < -0.39 is 0 Å². The largest absolute Gasteiger partial charge is 1.00 e. The fourth-order valence-electron chi connectivity index (χ4n) is 12.9. The zero-order valence-electron chi connectivity index (χ0n) is 73.4. The third kappa shape index (κ3) is 40.8.